The van der Waals surface area contributed by atoms with Gasteiger partial charge in [-0.25, -0.2) is 8.42 Å². The Balaban J connectivity index is 1.37. The molecule has 154 valence electrons. The van der Waals surface area contributed by atoms with Gasteiger partial charge >= 0.3 is 0 Å². The van der Waals surface area contributed by atoms with Gasteiger partial charge in [0.2, 0.25) is 5.91 Å². The van der Waals surface area contributed by atoms with E-state index < -0.39 is 27.6 Å². The SMILES string of the molecule is O=C(COc1ccc(OCc2ccccc2)cc1)NNC(=O)[C@H]1CCS(=O)(=O)C1. The molecule has 1 atom stereocenters. The second kappa shape index (κ2) is 9.42. The first kappa shape index (κ1) is 20.7. The van der Waals surface area contributed by atoms with Crippen LogP contribution < -0.4 is 20.3 Å². The Hall–Kier alpha value is -3.07. The maximum atomic E-state index is 11.9. The lowest BCUT2D eigenvalue weighted by Crippen LogP contribution is -2.46. The first-order valence-corrected chi connectivity index (χ1v) is 10.9. The van der Waals surface area contributed by atoms with Gasteiger partial charge in [0, 0.05) is 0 Å². The number of rotatable bonds is 7. The van der Waals surface area contributed by atoms with E-state index in [2.05, 4.69) is 10.9 Å². The summed E-state index contributed by atoms with van der Waals surface area (Å²) >= 11 is 0. The van der Waals surface area contributed by atoms with Crippen molar-refractivity contribution in [2.75, 3.05) is 18.1 Å². The van der Waals surface area contributed by atoms with Crippen molar-refractivity contribution < 1.29 is 27.5 Å². The number of hydrogen-bond donors (Lipinski definition) is 2. The molecule has 0 spiro atoms. The van der Waals surface area contributed by atoms with Crippen molar-refractivity contribution >= 4 is 21.7 Å². The number of amides is 2. The van der Waals surface area contributed by atoms with Crippen LogP contribution in [0.4, 0.5) is 0 Å². The molecular formula is C20H22N2O6S. The zero-order chi connectivity index (χ0) is 20.7. The molecule has 0 aliphatic carbocycles. The summed E-state index contributed by atoms with van der Waals surface area (Å²) in [6.45, 7) is 0.152. The van der Waals surface area contributed by atoms with E-state index in [4.69, 9.17) is 9.47 Å². The fraction of sp³-hybridized carbons (Fsp3) is 0.300. The van der Waals surface area contributed by atoms with Crippen molar-refractivity contribution in [3.63, 3.8) is 0 Å². The van der Waals surface area contributed by atoms with Gasteiger partial charge in [0.25, 0.3) is 5.91 Å². The predicted molar refractivity (Wildman–Crippen MR) is 106 cm³/mol. The Labute approximate surface area is 169 Å². The van der Waals surface area contributed by atoms with Gasteiger partial charge in [0.05, 0.1) is 17.4 Å². The molecule has 1 aliphatic rings. The van der Waals surface area contributed by atoms with Gasteiger partial charge < -0.3 is 9.47 Å². The Morgan fingerprint density at radius 3 is 2.21 bits per heavy atom. The molecular weight excluding hydrogens is 396 g/mol. The highest BCUT2D eigenvalue weighted by Crippen LogP contribution is 2.19. The van der Waals surface area contributed by atoms with E-state index in [1.165, 1.54) is 0 Å². The first-order valence-electron chi connectivity index (χ1n) is 9.10. The Morgan fingerprint density at radius 2 is 1.59 bits per heavy atom. The number of benzene rings is 2. The Bertz CT molecular complexity index is 945. The summed E-state index contributed by atoms with van der Waals surface area (Å²) in [4.78, 5) is 23.7. The summed E-state index contributed by atoms with van der Waals surface area (Å²) in [6, 6.07) is 16.6. The number of carbonyl (C=O) groups excluding carboxylic acids is 2. The molecule has 1 heterocycles. The van der Waals surface area contributed by atoms with E-state index in [1.807, 2.05) is 30.3 Å². The van der Waals surface area contributed by atoms with Crippen LogP contribution in [0.25, 0.3) is 0 Å². The summed E-state index contributed by atoms with van der Waals surface area (Å²) in [6.07, 6.45) is 0.263. The van der Waals surface area contributed by atoms with Crippen LogP contribution in [0.15, 0.2) is 54.6 Å². The van der Waals surface area contributed by atoms with Crippen molar-refractivity contribution in [2.24, 2.45) is 5.92 Å². The lowest BCUT2D eigenvalue weighted by Gasteiger charge is -2.11. The number of ether oxygens (including phenoxy) is 2. The maximum Gasteiger partial charge on any atom is 0.276 e. The zero-order valence-electron chi connectivity index (χ0n) is 15.7. The number of hydrazine groups is 1. The summed E-state index contributed by atoms with van der Waals surface area (Å²) in [5.41, 5.74) is 5.52. The molecule has 2 amide bonds. The molecule has 2 aromatic rings. The Morgan fingerprint density at radius 1 is 0.931 bits per heavy atom. The van der Waals surface area contributed by atoms with Crippen molar-refractivity contribution in [2.45, 2.75) is 13.0 Å². The van der Waals surface area contributed by atoms with E-state index in [-0.39, 0.29) is 24.5 Å². The molecule has 1 fully saturated rings. The molecule has 0 unspecified atom stereocenters. The third-order valence-corrected chi connectivity index (χ3v) is 6.14. The molecule has 2 N–H and O–H groups in total. The van der Waals surface area contributed by atoms with E-state index in [0.717, 1.165) is 5.56 Å². The number of sulfone groups is 1. The van der Waals surface area contributed by atoms with Gasteiger partial charge in [-0.15, -0.1) is 0 Å². The highest BCUT2D eigenvalue weighted by molar-refractivity contribution is 7.91. The average Bonchev–Trinajstić information content (AvgIpc) is 3.10. The lowest BCUT2D eigenvalue weighted by atomic mass is 10.1. The van der Waals surface area contributed by atoms with Crippen LogP contribution in [0.3, 0.4) is 0 Å². The van der Waals surface area contributed by atoms with Crippen LogP contribution in [0, 0.1) is 5.92 Å². The molecule has 1 saturated heterocycles. The fourth-order valence-electron chi connectivity index (χ4n) is 2.79. The quantitative estimate of drug-likeness (QED) is 0.655. The van der Waals surface area contributed by atoms with Gasteiger partial charge in [-0.2, -0.15) is 0 Å². The van der Waals surface area contributed by atoms with Gasteiger partial charge in [0.1, 0.15) is 18.1 Å². The van der Waals surface area contributed by atoms with Crippen LogP contribution in [0.1, 0.15) is 12.0 Å². The molecule has 9 heteroatoms. The summed E-state index contributed by atoms with van der Waals surface area (Å²) < 4.78 is 33.8. The fourth-order valence-corrected chi connectivity index (χ4v) is 4.53. The molecule has 2 aromatic carbocycles. The van der Waals surface area contributed by atoms with Gasteiger partial charge in [-0.3, -0.25) is 20.4 Å². The van der Waals surface area contributed by atoms with Gasteiger partial charge in [-0.1, -0.05) is 30.3 Å². The van der Waals surface area contributed by atoms with E-state index in [9.17, 15) is 18.0 Å². The minimum absolute atomic E-state index is 0.00674. The van der Waals surface area contributed by atoms with Crippen LogP contribution in [-0.2, 0) is 26.0 Å². The van der Waals surface area contributed by atoms with Crippen LogP contribution in [0.2, 0.25) is 0 Å². The molecule has 8 nitrogen and oxygen atoms in total. The van der Waals surface area contributed by atoms with Crippen molar-refractivity contribution in [3.8, 4) is 11.5 Å². The number of nitrogens with one attached hydrogen (secondary N) is 2. The number of carbonyl (C=O) groups is 2. The highest BCUT2D eigenvalue weighted by Gasteiger charge is 2.33. The van der Waals surface area contributed by atoms with Crippen molar-refractivity contribution in [3.05, 3.63) is 60.2 Å². The summed E-state index contributed by atoms with van der Waals surface area (Å²) in [5, 5.41) is 0. The van der Waals surface area contributed by atoms with Gasteiger partial charge in [0.15, 0.2) is 16.4 Å². The predicted octanol–water partition coefficient (Wildman–Crippen LogP) is 1.23. The number of hydrogen-bond acceptors (Lipinski definition) is 6. The van der Waals surface area contributed by atoms with Gasteiger partial charge in [-0.05, 0) is 36.2 Å². The molecule has 29 heavy (non-hydrogen) atoms. The monoisotopic (exact) mass is 418 g/mol. The summed E-state index contributed by atoms with van der Waals surface area (Å²) in [7, 11) is -3.16. The Kier molecular flexibility index (Phi) is 6.71. The zero-order valence-corrected chi connectivity index (χ0v) is 16.5. The van der Waals surface area contributed by atoms with E-state index in [0.29, 0.717) is 18.1 Å². The van der Waals surface area contributed by atoms with E-state index >= 15 is 0 Å². The minimum Gasteiger partial charge on any atom is -0.489 e. The van der Waals surface area contributed by atoms with Crippen molar-refractivity contribution in [1.82, 2.24) is 10.9 Å². The van der Waals surface area contributed by atoms with Crippen LogP contribution >= 0.6 is 0 Å². The van der Waals surface area contributed by atoms with Crippen LogP contribution in [0.5, 0.6) is 11.5 Å². The average molecular weight is 418 g/mol. The molecule has 0 bridgehead atoms. The topological polar surface area (TPSA) is 111 Å². The highest BCUT2D eigenvalue weighted by atomic mass is 32.2. The van der Waals surface area contributed by atoms with E-state index in [1.54, 1.807) is 24.3 Å². The summed E-state index contributed by atoms with van der Waals surface area (Å²) in [5.74, 6) is -0.755. The third kappa shape index (κ3) is 6.49. The molecule has 0 radical (unpaired) electrons. The lowest BCUT2D eigenvalue weighted by molar-refractivity contribution is -0.131. The molecule has 3 rings (SSSR count). The van der Waals surface area contributed by atoms with Crippen molar-refractivity contribution in [1.29, 1.82) is 0 Å². The smallest absolute Gasteiger partial charge is 0.276 e. The molecule has 1 aliphatic heterocycles. The third-order valence-electron chi connectivity index (χ3n) is 4.37. The first-order chi connectivity index (χ1) is 13.9. The largest absolute Gasteiger partial charge is 0.489 e. The maximum absolute atomic E-state index is 11.9. The normalized spacial score (nSPS) is 17.3. The second-order valence-corrected chi connectivity index (χ2v) is 8.90. The second-order valence-electron chi connectivity index (χ2n) is 6.67. The molecule has 0 saturated carbocycles. The minimum atomic E-state index is -3.16. The standard InChI is InChI=1S/C20H22N2O6S/c23-19(21-22-20(24)16-10-11-29(25,26)14-16)13-28-18-8-6-17(7-9-18)27-12-15-4-2-1-3-5-15/h1-9,16H,10-14H2,(H,21,23)(H,22,24)/t16-/m0/s1. The van der Waals surface area contributed by atoms with Crippen LogP contribution in [-0.4, -0.2) is 38.3 Å². The molecule has 0 aromatic heterocycles.